The highest BCUT2D eigenvalue weighted by atomic mass is 16.6. The van der Waals surface area contributed by atoms with E-state index in [4.69, 9.17) is 4.74 Å². The van der Waals surface area contributed by atoms with Crippen molar-refractivity contribution in [3.05, 3.63) is 0 Å². The van der Waals surface area contributed by atoms with Crippen molar-refractivity contribution in [3.63, 3.8) is 0 Å². The lowest BCUT2D eigenvalue weighted by Crippen LogP contribution is -2.41. The molecule has 122 valence electrons. The lowest BCUT2D eigenvalue weighted by atomic mass is 9.78. The van der Waals surface area contributed by atoms with Gasteiger partial charge in [-0.25, -0.2) is 0 Å². The molecule has 0 radical (unpaired) electrons. The third-order valence-corrected chi connectivity index (χ3v) is 4.77. The molecule has 2 aliphatic rings. The van der Waals surface area contributed by atoms with E-state index in [2.05, 4.69) is 10.2 Å². The Kier molecular flexibility index (Phi) is 5.67. The van der Waals surface area contributed by atoms with Gasteiger partial charge in [-0.1, -0.05) is 0 Å². The number of hydrogen-bond donors (Lipinski definition) is 1. The van der Waals surface area contributed by atoms with Crippen molar-refractivity contribution in [1.29, 1.82) is 0 Å². The van der Waals surface area contributed by atoms with Gasteiger partial charge in [0.15, 0.2) is 0 Å². The minimum atomic E-state index is -0.354. The summed E-state index contributed by atoms with van der Waals surface area (Å²) in [4.78, 5) is 14.2. The molecule has 0 amide bonds. The van der Waals surface area contributed by atoms with Gasteiger partial charge in [-0.3, -0.25) is 4.79 Å². The smallest absolute Gasteiger partial charge is 0.306 e. The van der Waals surface area contributed by atoms with Gasteiger partial charge in [-0.2, -0.15) is 0 Å². The zero-order valence-corrected chi connectivity index (χ0v) is 14.0. The van der Waals surface area contributed by atoms with Gasteiger partial charge in [0.2, 0.25) is 0 Å². The Hall–Kier alpha value is -0.610. The van der Waals surface area contributed by atoms with E-state index in [0.29, 0.717) is 11.8 Å². The lowest BCUT2D eigenvalue weighted by Gasteiger charge is -2.38. The average Bonchev–Trinajstić information content (AvgIpc) is 2.83. The van der Waals surface area contributed by atoms with E-state index in [1.807, 2.05) is 20.8 Å². The number of likely N-dealkylation sites (tertiary alicyclic amines) is 1. The van der Waals surface area contributed by atoms with Crippen LogP contribution in [0.4, 0.5) is 0 Å². The minimum Gasteiger partial charge on any atom is -0.460 e. The normalized spacial score (nSPS) is 22.6. The number of nitrogens with zero attached hydrogens (tertiary/aromatic N) is 1. The van der Waals surface area contributed by atoms with Crippen LogP contribution < -0.4 is 5.32 Å². The highest BCUT2D eigenvalue weighted by Gasteiger charge is 2.36. The van der Waals surface area contributed by atoms with E-state index in [9.17, 15) is 4.79 Å². The van der Waals surface area contributed by atoms with E-state index in [1.54, 1.807) is 0 Å². The molecule has 2 saturated heterocycles. The molecule has 1 N–H and O–H groups in total. The van der Waals surface area contributed by atoms with Gasteiger partial charge in [0, 0.05) is 13.0 Å². The fraction of sp³-hybridized carbons (Fsp3) is 0.941. The standard InChI is InChI=1S/C17H32N2O2/c1-16(2,3)21-15(20)6-4-5-11-19-12-8-17(9-13-19)7-10-18-14-17/h18H,4-14H2,1-3H3. The first-order valence-electron chi connectivity index (χ1n) is 8.54. The van der Waals surface area contributed by atoms with Crippen LogP contribution in [0, 0.1) is 5.41 Å². The molecule has 4 heteroatoms. The number of piperidine rings is 1. The third kappa shape index (κ3) is 5.59. The maximum Gasteiger partial charge on any atom is 0.306 e. The van der Waals surface area contributed by atoms with Crippen LogP contribution in [0.1, 0.15) is 59.3 Å². The molecule has 0 unspecified atom stereocenters. The molecule has 2 aliphatic heterocycles. The Bertz CT molecular complexity index is 333. The summed E-state index contributed by atoms with van der Waals surface area (Å²) in [6.45, 7) is 11.8. The zero-order chi connectivity index (χ0) is 15.3. The van der Waals surface area contributed by atoms with Crippen LogP contribution in [0.5, 0.6) is 0 Å². The maximum absolute atomic E-state index is 11.6. The van der Waals surface area contributed by atoms with Crippen molar-refractivity contribution in [2.24, 2.45) is 5.41 Å². The summed E-state index contributed by atoms with van der Waals surface area (Å²) in [6.07, 6.45) is 6.64. The minimum absolute atomic E-state index is 0.0582. The van der Waals surface area contributed by atoms with Crippen LogP contribution in [0.3, 0.4) is 0 Å². The molecule has 2 heterocycles. The highest BCUT2D eigenvalue weighted by Crippen LogP contribution is 2.36. The Morgan fingerprint density at radius 2 is 1.90 bits per heavy atom. The third-order valence-electron chi connectivity index (χ3n) is 4.77. The van der Waals surface area contributed by atoms with Crippen molar-refractivity contribution in [3.8, 4) is 0 Å². The van der Waals surface area contributed by atoms with Gasteiger partial charge >= 0.3 is 5.97 Å². The number of esters is 1. The van der Waals surface area contributed by atoms with Crippen LogP contribution in [0.25, 0.3) is 0 Å². The van der Waals surface area contributed by atoms with Crippen LogP contribution in [-0.2, 0) is 9.53 Å². The highest BCUT2D eigenvalue weighted by molar-refractivity contribution is 5.69. The first-order chi connectivity index (χ1) is 9.89. The number of ether oxygens (including phenoxy) is 1. The molecule has 0 atom stereocenters. The molecule has 4 nitrogen and oxygen atoms in total. The van der Waals surface area contributed by atoms with Gasteiger partial charge in [0.25, 0.3) is 0 Å². The van der Waals surface area contributed by atoms with Gasteiger partial charge in [-0.15, -0.1) is 0 Å². The lowest BCUT2D eigenvalue weighted by molar-refractivity contribution is -0.154. The predicted molar refractivity (Wildman–Crippen MR) is 85.3 cm³/mol. The molecular weight excluding hydrogens is 264 g/mol. The first-order valence-corrected chi connectivity index (χ1v) is 8.54. The summed E-state index contributed by atoms with van der Waals surface area (Å²) in [6, 6.07) is 0. The second kappa shape index (κ2) is 7.10. The molecule has 2 fully saturated rings. The molecule has 0 bridgehead atoms. The van der Waals surface area contributed by atoms with E-state index in [1.165, 1.54) is 45.4 Å². The number of nitrogens with one attached hydrogen (secondary N) is 1. The molecule has 21 heavy (non-hydrogen) atoms. The predicted octanol–water partition coefficient (Wildman–Crippen LogP) is 2.57. The van der Waals surface area contributed by atoms with E-state index in [-0.39, 0.29) is 11.6 Å². The largest absolute Gasteiger partial charge is 0.460 e. The molecule has 0 aromatic rings. The topological polar surface area (TPSA) is 41.6 Å². The Morgan fingerprint density at radius 1 is 1.19 bits per heavy atom. The number of hydrogen-bond acceptors (Lipinski definition) is 4. The summed E-state index contributed by atoms with van der Waals surface area (Å²) in [7, 11) is 0. The molecule has 0 aromatic heterocycles. The van der Waals surface area contributed by atoms with Gasteiger partial charge in [0.05, 0.1) is 0 Å². The molecule has 1 spiro atoms. The van der Waals surface area contributed by atoms with Gasteiger partial charge < -0.3 is 15.0 Å². The molecule has 2 rings (SSSR count). The Balaban J connectivity index is 1.55. The van der Waals surface area contributed by atoms with E-state index < -0.39 is 0 Å². The van der Waals surface area contributed by atoms with E-state index >= 15 is 0 Å². The Morgan fingerprint density at radius 3 is 2.48 bits per heavy atom. The van der Waals surface area contributed by atoms with Crippen LogP contribution in [0.2, 0.25) is 0 Å². The number of rotatable bonds is 5. The molecule has 0 saturated carbocycles. The first kappa shape index (κ1) is 16.8. The zero-order valence-electron chi connectivity index (χ0n) is 14.0. The van der Waals surface area contributed by atoms with Crippen LogP contribution in [-0.4, -0.2) is 49.2 Å². The SMILES string of the molecule is CC(C)(C)OC(=O)CCCCN1CCC2(CCNC2)CC1. The van der Waals surface area contributed by atoms with Gasteiger partial charge in [-0.05, 0) is 84.5 Å². The number of carbonyl (C=O) groups is 1. The van der Waals surface area contributed by atoms with Gasteiger partial charge in [0.1, 0.15) is 5.60 Å². The molecular formula is C17H32N2O2. The molecule has 0 aromatic carbocycles. The summed E-state index contributed by atoms with van der Waals surface area (Å²) in [5.41, 5.74) is 0.251. The van der Waals surface area contributed by atoms with Crippen molar-refractivity contribution < 1.29 is 9.53 Å². The van der Waals surface area contributed by atoms with Crippen molar-refractivity contribution in [1.82, 2.24) is 10.2 Å². The monoisotopic (exact) mass is 296 g/mol. The Labute approximate surface area is 129 Å². The van der Waals surface area contributed by atoms with Crippen LogP contribution >= 0.6 is 0 Å². The van der Waals surface area contributed by atoms with E-state index in [0.717, 1.165) is 19.4 Å². The quantitative estimate of drug-likeness (QED) is 0.625. The number of unbranched alkanes of at least 4 members (excludes halogenated alkanes) is 1. The summed E-state index contributed by atoms with van der Waals surface area (Å²) in [5.74, 6) is -0.0582. The maximum atomic E-state index is 11.6. The fourth-order valence-corrected chi connectivity index (χ4v) is 3.47. The summed E-state index contributed by atoms with van der Waals surface area (Å²) in [5, 5.41) is 3.51. The van der Waals surface area contributed by atoms with Crippen molar-refractivity contribution in [2.45, 2.75) is 64.9 Å². The molecule has 0 aliphatic carbocycles. The fourth-order valence-electron chi connectivity index (χ4n) is 3.47. The van der Waals surface area contributed by atoms with Crippen molar-refractivity contribution in [2.75, 3.05) is 32.7 Å². The van der Waals surface area contributed by atoms with Crippen molar-refractivity contribution >= 4 is 5.97 Å². The van der Waals surface area contributed by atoms with Crippen LogP contribution in [0.15, 0.2) is 0 Å². The second-order valence-corrected chi connectivity index (χ2v) is 7.81. The number of carbonyl (C=O) groups excluding carboxylic acids is 1. The second-order valence-electron chi connectivity index (χ2n) is 7.81. The summed E-state index contributed by atoms with van der Waals surface area (Å²) < 4.78 is 5.33. The summed E-state index contributed by atoms with van der Waals surface area (Å²) >= 11 is 0. The average molecular weight is 296 g/mol.